The number of anilines is 1. The number of rotatable bonds is 1. The van der Waals surface area contributed by atoms with Gasteiger partial charge in [0.25, 0.3) is 5.17 Å². The summed E-state index contributed by atoms with van der Waals surface area (Å²) >= 11 is 4.06. The smallest absolute Gasteiger partial charge is 0.221 e. The summed E-state index contributed by atoms with van der Waals surface area (Å²) in [4.78, 5) is 0. The van der Waals surface area contributed by atoms with E-state index in [9.17, 15) is 8.42 Å². The summed E-state index contributed by atoms with van der Waals surface area (Å²) in [6.45, 7) is 0. The molecule has 0 aliphatic carbocycles. The van der Waals surface area contributed by atoms with E-state index in [4.69, 9.17) is 0 Å². The normalized spacial score (nSPS) is 17.1. The molecule has 0 amide bonds. The maximum atomic E-state index is 11.5. The van der Waals surface area contributed by atoms with Gasteiger partial charge in [-0.2, -0.15) is 0 Å². The number of hydrazone groups is 1. The van der Waals surface area contributed by atoms with E-state index in [1.54, 1.807) is 24.3 Å². The second-order valence-electron chi connectivity index (χ2n) is 3.20. The zero-order valence-corrected chi connectivity index (χ0v) is 10.1. The number of hydrazine groups is 2. The van der Waals surface area contributed by atoms with Crippen molar-refractivity contribution in [3.05, 3.63) is 30.3 Å². The molecule has 0 unspecified atom stereocenters. The highest BCUT2D eigenvalue weighted by Gasteiger charge is 2.32. The minimum absolute atomic E-state index is 0.0892. The molecule has 0 aromatic heterocycles. The van der Waals surface area contributed by atoms with Gasteiger partial charge in [-0.25, -0.2) is 19.0 Å². The van der Waals surface area contributed by atoms with Crippen LogP contribution in [0.1, 0.15) is 0 Å². The molecule has 0 spiro atoms. The van der Waals surface area contributed by atoms with E-state index < -0.39 is 9.84 Å². The molecule has 6 nitrogen and oxygen atoms in total. The second kappa shape index (κ2) is 3.96. The first kappa shape index (κ1) is 11.2. The first-order valence-electron chi connectivity index (χ1n) is 4.37. The molecule has 8 heteroatoms. The van der Waals surface area contributed by atoms with E-state index >= 15 is 0 Å². The number of para-hydroxylation sites is 1. The van der Waals surface area contributed by atoms with E-state index in [1.807, 2.05) is 6.07 Å². The zero-order valence-electron chi connectivity index (χ0n) is 8.40. The first-order valence-corrected chi connectivity index (χ1v) is 6.67. The van der Waals surface area contributed by atoms with Crippen LogP contribution in [0, 0.1) is 0 Å². The van der Waals surface area contributed by atoms with Crippen molar-refractivity contribution in [3.8, 4) is 0 Å². The number of nitrogens with zero attached hydrogens (tertiary/aromatic N) is 3. The first-order chi connectivity index (χ1) is 7.50. The monoisotopic (exact) mass is 258 g/mol. The standard InChI is InChI=1S/C8H10N4O2S2/c1-16(13,14)8-9-10-12(15)11(8)7-5-3-2-4-6-7/h2-6,10,15H,1H3. The molecule has 0 atom stereocenters. The number of hydrogen-bond acceptors (Lipinski definition) is 7. The Kier molecular flexibility index (Phi) is 2.78. The van der Waals surface area contributed by atoms with Crippen molar-refractivity contribution >= 4 is 33.5 Å². The Bertz CT molecular complexity index is 514. The van der Waals surface area contributed by atoms with Crippen molar-refractivity contribution in [1.29, 1.82) is 0 Å². The largest absolute Gasteiger partial charge is 0.264 e. The molecule has 2 rings (SSSR count). The summed E-state index contributed by atoms with van der Waals surface area (Å²) < 4.78 is 24.2. The summed E-state index contributed by atoms with van der Waals surface area (Å²) in [6.07, 6.45) is 1.09. The molecule has 86 valence electrons. The van der Waals surface area contributed by atoms with Crippen LogP contribution in [0.15, 0.2) is 35.4 Å². The average Bonchev–Trinajstić information content (AvgIpc) is 2.61. The molecule has 1 aliphatic heterocycles. The molecule has 16 heavy (non-hydrogen) atoms. The number of sulfone groups is 1. The lowest BCUT2D eigenvalue weighted by molar-refractivity contribution is 0.416. The Morgan fingerprint density at radius 1 is 1.31 bits per heavy atom. The minimum Gasteiger partial charge on any atom is -0.221 e. The van der Waals surface area contributed by atoms with Crippen molar-refractivity contribution in [1.82, 2.24) is 10.1 Å². The summed E-state index contributed by atoms with van der Waals surface area (Å²) in [7, 11) is -3.41. The number of thiol groups is 1. The van der Waals surface area contributed by atoms with Gasteiger partial charge in [-0.3, -0.25) is 0 Å². The van der Waals surface area contributed by atoms with Crippen molar-refractivity contribution < 1.29 is 8.42 Å². The molecule has 0 bridgehead atoms. The molecular weight excluding hydrogens is 248 g/mol. The summed E-state index contributed by atoms with van der Waals surface area (Å²) in [6, 6.07) is 8.96. The lowest BCUT2D eigenvalue weighted by Crippen LogP contribution is -2.41. The fourth-order valence-corrected chi connectivity index (χ4v) is 2.29. The second-order valence-corrected chi connectivity index (χ2v) is 5.49. The maximum Gasteiger partial charge on any atom is 0.264 e. The van der Waals surface area contributed by atoms with Gasteiger partial charge in [0.05, 0.1) is 5.69 Å². The van der Waals surface area contributed by atoms with Gasteiger partial charge in [-0.1, -0.05) is 22.7 Å². The molecular formula is C8H10N4O2S2. The fraction of sp³-hybridized carbons (Fsp3) is 0.125. The lowest BCUT2D eigenvalue weighted by atomic mass is 10.3. The zero-order chi connectivity index (χ0) is 11.8. The van der Waals surface area contributed by atoms with E-state index in [0.717, 1.165) is 6.26 Å². The molecule has 0 saturated carbocycles. The van der Waals surface area contributed by atoms with Crippen LogP contribution in [-0.4, -0.2) is 24.4 Å². The topological polar surface area (TPSA) is 65.0 Å². The Labute approximate surface area is 98.9 Å². The van der Waals surface area contributed by atoms with Crippen LogP contribution in [0.2, 0.25) is 0 Å². The SMILES string of the molecule is CS(=O)(=O)C1=NNN(S)N1c1ccccc1. The van der Waals surface area contributed by atoms with E-state index in [0.29, 0.717) is 5.69 Å². The molecule has 1 heterocycles. The van der Waals surface area contributed by atoms with E-state index in [1.165, 1.54) is 9.53 Å². The molecule has 1 N–H and O–H groups in total. The number of amidine groups is 1. The van der Waals surface area contributed by atoms with Crippen LogP contribution in [0.25, 0.3) is 0 Å². The average molecular weight is 258 g/mol. The number of nitrogens with one attached hydrogen (secondary N) is 1. The lowest BCUT2D eigenvalue weighted by Gasteiger charge is -2.23. The molecule has 1 aliphatic rings. The van der Waals surface area contributed by atoms with Crippen LogP contribution in [0.5, 0.6) is 0 Å². The van der Waals surface area contributed by atoms with Gasteiger partial charge < -0.3 is 0 Å². The van der Waals surface area contributed by atoms with Crippen molar-refractivity contribution in [2.45, 2.75) is 0 Å². The third kappa shape index (κ3) is 1.99. The van der Waals surface area contributed by atoms with Crippen LogP contribution in [-0.2, 0) is 9.84 Å². The van der Waals surface area contributed by atoms with Gasteiger partial charge in [-0.15, -0.1) is 5.10 Å². The Morgan fingerprint density at radius 2 is 1.94 bits per heavy atom. The minimum atomic E-state index is -3.41. The van der Waals surface area contributed by atoms with Crippen molar-refractivity contribution in [2.75, 3.05) is 11.3 Å². The van der Waals surface area contributed by atoms with E-state index in [-0.39, 0.29) is 5.17 Å². The third-order valence-electron chi connectivity index (χ3n) is 1.94. The van der Waals surface area contributed by atoms with Crippen LogP contribution in [0.4, 0.5) is 5.69 Å². The van der Waals surface area contributed by atoms with Gasteiger partial charge in [0.15, 0.2) is 0 Å². The van der Waals surface area contributed by atoms with Gasteiger partial charge in [-0.05, 0) is 24.9 Å². The van der Waals surface area contributed by atoms with Crippen molar-refractivity contribution in [2.24, 2.45) is 5.10 Å². The molecule has 0 saturated heterocycles. The summed E-state index contributed by atoms with van der Waals surface area (Å²) in [5, 5.41) is 4.97. The van der Waals surface area contributed by atoms with Gasteiger partial charge in [0.2, 0.25) is 9.84 Å². The fourth-order valence-electron chi connectivity index (χ4n) is 1.29. The van der Waals surface area contributed by atoms with Gasteiger partial charge in [0, 0.05) is 6.26 Å². The molecule has 0 radical (unpaired) electrons. The number of benzene rings is 1. The number of hydrogen-bond donors (Lipinski definition) is 2. The van der Waals surface area contributed by atoms with Gasteiger partial charge >= 0.3 is 0 Å². The van der Waals surface area contributed by atoms with Crippen LogP contribution >= 0.6 is 12.8 Å². The van der Waals surface area contributed by atoms with E-state index in [2.05, 4.69) is 23.5 Å². The van der Waals surface area contributed by atoms with Crippen LogP contribution < -0.4 is 10.5 Å². The Morgan fingerprint density at radius 3 is 2.50 bits per heavy atom. The van der Waals surface area contributed by atoms with Crippen LogP contribution in [0.3, 0.4) is 0 Å². The quantitative estimate of drug-likeness (QED) is 0.713. The predicted octanol–water partition coefficient (Wildman–Crippen LogP) is 0.389. The molecule has 0 fully saturated rings. The summed E-state index contributed by atoms with van der Waals surface area (Å²) in [5.41, 5.74) is 3.12. The Hall–Kier alpha value is -1.25. The maximum absolute atomic E-state index is 11.5. The van der Waals surface area contributed by atoms with Gasteiger partial charge in [0.1, 0.15) is 0 Å². The summed E-state index contributed by atoms with van der Waals surface area (Å²) in [5.74, 6) is 0. The van der Waals surface area contributed by atoms with Crippen molar-refractivity contribution in [3.63, 3.8) is 0 Å². The molecule has 1 aromatic carbocycles. The Balaban J connectivity index is 2.44. The predicted molar refractivity (Wildman–Crippen MR) is 65.2 cm³/mol. The third-order valence-corrected chi connectivity index (χ3v) is 3.13. The highest BCUT2D eigenvalue weighted by molar-refractivity contribution is 8.06. The molecule has 1 aromatic rings. The highest BCUT2D eigenvalue weighted by Crippen LogP contribution is 2.21. The highest BCUT2D eigenvalue weighted by atomic mass is 32.2.